The first kappa shape index (κ1) is 13.4. The molecule has 0 saturated heterocycles. The van der Waals surface area contributed by atoms with Crippen molar-refractivity contribution in [3.8, 4) is 0 Å². The third-order valence-corrected chi connectivity index (χ3v) is 9.90. The second kappa shape index (κ2) is 6.82. The molecule has 0 nitrogen and oxygen atoms in total. The SMILES string of the molecule is CCCCC(CC)[PH](C)(CC)CC. The molecule has 0 bridgehead atoms. The Bertz CT molecular complexity index is 116. The van der Waals surface area contributed by atoms with Crippen LogP contribution in [-0.2, 0) is 0 Å². The van der Waals surface area contributed by atoms with Gasteiger partial charge in [0.15, 0.2) is 0 Å². The van der Waals surface area contributed by atoms with Gasteiger partial charge in [-0.3, -0.25) is 0 Å². The van der Waals surface area contributed by atoms with Gasteiger partial charge >= 0.3 is 85.3 Å². The van der Waals surface area contributed by atoms with Crippen LogP contribution >= 0.6 is 7.26 Å². The molecule has 0 aliphatic rings. The van der Waals surface area contributed by atoms with Gasteiger partial charge in [-0.2, -0.15) is 0 Å². The van der Waals surface area contributed by atoms with E-state index in [0.29, 0.717) is 0 Å². The third kappa shape index (κ3) is 3.98. The van der Waals surface area contributed by atoms with Crippen molar-refractivity contribution in [3.05, 3.63) is 0 Å². The summed E-state index contributed by atoms with van der Waals surface area (Å²) in [6.07, 6.45) is 8.69. The van der Waals surface area contributed by atoms with E-state index in [1.807, 2.05) is 0 Å². The molecule has 0 rings (SSSR count). The van der Waals surface area contributed by atoms with Crippen molar-refractivity contribution in [2.45, 2.75) is 59.0 Å². The molecular weight excluding hydrogens is 175 g/mol. The van der Waals surface area contributed by atoms with Crippen LogP contribution in [0.25, 0.3) is 0 Å². The molecule has 1 atom stereocenters. The first-order valence-electron chi connectivity index (χ1n) is 6.14. The fourth-order valence-corrected chi connectivity index (χ4v) is 5.86. The predicted molar refractivity (Wildman–Crippen MR) is 68.9 cm³/mol. The van der Waals surface area contributed by atoms with Crippen LogP contribution in [0.3, 0.4) is 0 Å². The van der Waals surface area contributed by atoms with Gasteiger partial charge in [-0.25, -0.2) is 0 Å². The van der Waals surface area contributed by atoms with E-state index in [4.69, 9.17) is 0 Å². The second-order valence-corrected chi connectivity index (χ2v) is 10.1. The van der Waals surface area contributed by atoms with Gasteiger partial charge in [0.1, 0.15) is 0 Å². The van der Waals surface area contributed by atoms with Gasteiger partial charge in [0.05, 0.1) is 0 Å². The van der Waals surface area contributed by atoms with E-state index in [1.54, 1.807) is 0 Å². The van der Waals surface area contributed by atoms with Crippen LogP contribution in [0.4, 0.5) is 0 Å². The fraction of sp³-hybridized carbons (Fsp3) is 1.00. The summed E-state index contributed by atoms with van der Waals surface area (Å²) in [5, 5.41) is 0. The van der Waals surface area contributed by atoms with Crippen molar-refractivity contribution in [2.75, 3.05) is 19.0 Å². The molecule has 0 radical (unpaired) electrons. The van der Waals surface area contributed by atoms with E-state index in [-0.39, 0.29) is 0 Å². The molecule has 0 saturated carbocycles. The Morgan fingerprint density at radius 2 is 1.54 bits per heavy atom. The summed E-state index contributed by atoms with van der Waals surface area (Å²) in [4.78, 5) is 0. The molecule has 0 aromatic heterocycles. The summed E-state index contributed by atoms with van der Waals surface area (Å²) >= 11 is 0. The topological polar surface area (TPSA) is 0 Å². The molecule has 1 heteroatoms. The zero-order chi connectivity index (χ0) is 10.3. The molecule has 0 heterocycles. The van der Waals surface area contributed by atoms with Crippen molar-refractivity contribution in [1.82, 2.24) is 0 Å². The average molecular weight is 204 g/mol. The van der Waals surface area contributed by atoms with Crippen LogP contribution in [0.15, 0.2) is 0 Å². The molecule has 0 amide bonds. The Kier molecular flexibility index (Phi) is 7.05. The average Bonchev–Trinajstić information content (AvgIpc) is 2.18. The standard InChI is InChI=1S/C12H29P/c1-6-10-11-12(7-2)13(5,8-3)9-4/h12-13H,6-11H2,1-5H3. The molecule has 0 aromatic rings. The Morgan fingerprint density at radius 1 is 1.00 bits per heavy atom. The van der Waals surface area contributed by atoms with Gasteiger partial charge in [0.2, 0.25) is 0 Å². The van der Waals surface area contributed by atoms with Crippen LogP contribution in [0.2, 0.25) is 0 Å². The van der Waals surface area contributed by atoms with Crippen molar-refractivity contribution in [3.63, 3.8) is 0 Å². The minimum absolute atomic E-state index is 0.864. The van der Waals surface area contributed by atoms with Gasteiger partial charge in [0, 0.05) is 0 Å². The molecule has 82 valence electrons. The maximum atomic E-state index is 2.61. The van der Waals surface area contributed by atoms with Crippen molar-refractivity contribution in [1.29, 1.82) is 0 Å². The molecule has 0 aliphatic heterocycles. The zero-order valence-corrected chi connectivity index (χ0v) is 11.3. The summed E-state index contributed by atoms with van der Waals surface area (Å²) in [7, 11) is -0.864. The molecule has 0 N–H and O–H groups in total. The van der Waals surface area contributed by atoms with Crippen LogP contribution < -0.4 is 0 Å². The van der Waals surface area contributed by atoms with Crippen LogP contribution in [-0.4, -0.2) is 24.6 Å². The number of unbranched alkanes of at least 4 members (excludes halogenated alkanes) is 1. The summed E-state index contributed by atoms with van der Waals surface area (Å²) < 4.78 is 0. The maximum absolute atomic E-state index is 2.61. The summed E-state index contributed by atoms with van der Waals surface area (Å²) in [6.45, 7) is 12.1. The van der Waals surface area contributed by atoms with Gasteiger partial charge in [-0.1, -0.05) is 0 Å². The van der Waals surface area contributed by atoms with Crippen LogP contribution in [0.1, 0.15) is 53.4 Å². The van der Waals surface area contributed by atoms with Gasteiger partial charge in [0.25, 0.3) is 0 Å². The molecule has 0 aromatic carbocycles. The molecule has 1 unspecified atom stereocenters. The van der Waals surface area contributed by atoms with E-state index in [1.165, 1.54) is 38.0 Å². The van der Waals surface area contributed by atoms with E-state index in [2.05, 4.69) is 34.4 Å². The Balaban J connectivity index is 4.16. The third-order valence-electron chi connectivity index (χ3n) is 4.00. The van der Waals surface area contributed by atoms with E-state index in [0.717, 1.165) is 5.66 Å². The van der Waals surface area contributed by atoms with Crippen molar-refractivity contribution >= 4 is 7.26 Å². The van der Waals surface area contributed by atoms with Crippen LogP contribution in [0.5, 0.6) is 0 Å². The monoisotopic (exact) mass is 204 g/mol. The van der Waals surface area contributed by atoms with Gasteiger partial charge in [-0.05, 0) is 0 Å². The molecule has 0 fully saturated rings. The normalized spacial score (nSPS) is 15.8. The molecule has 0 aliphatic carbocycles. The summed E-state index contributed by atoms with van der Waals surface area (Å²) in [5.41, 5.74) is 1.09. The number of rotatable bonds is 7. The van der Waals surface area contributed by atoms with Gasteiger partial charge < -0.3 is 0 Å². The zero-order valence-electron chi connectivity index (χ0n) is 10.3. The summed E-state index contributed by atoms with van der Waals surface area (Å²) in [5.74, 6) is 0. The van der Waals surface area contributed by atoms with Crippen molar-refractivity contribution in [2.24, 2.45) is 0 Å². The summed E-state index contributed by atoms with van der Waals surface area (Å²) in [6, 6.07) is 0. The minimum atomic E-state index is -0.864. The first-order chi connectivity index (χ1) is 6.14. The first-order valence-corrected chi connectivity index (χ1v) is 9.13. The molecular formula is C12H29P. The van der Waals surface area contributed by atoms with E-state index in [9.17, 15) is 0 Å². The number of hydrogen-bond donors (Lipinski definition) is 0. The fourth-order valence-electron chi connectivity index (χ4n) is 2.32. The van der Waals surface area contributed by atoms with Crippen molar-refractivity contribution < 1.29 is 0 Å². The Labute approximate surface area is 85.8 Å². The second-order valence-electron chi connectivity index (χ2n) is 4.61. The Morgan fingerprint density at radius 3 is 1.85 bits per heavy atom. The number of hydrogen-bond acceptors (Lipinski definition) is 0. The Hall–Kier alpha value is 0.430. The van der Waals surface area contributed by atoms with Gasteiger partial charge in [-0.15, -0.1) is 0 Å². The van der Waals surface area contributed by atoms with E-state index < -0.39 is 7.26 Å². The van der Waals surface area contributed by atoms with Crippen LogP contribution in [0, 0.1) is 0 Å². The van der Waals surface area contributed by atoms with E-state index >= 15 is 0 Å². The predicted octanol–water partition coefficient (Wildman–Crippen LogP) is 4.37. The molecule has 13 heavy (non-hydrogen) atoms. The molecule has 0 spiro atoms. The quantitative estimate of drug-likeness (QED) is 0.540.